The van der Waals surface area contributed by atoms with Crippen LogP contribution >= 0.6 is 23.1 Å². The molecule has 1 aromatic carbocycles. The number of fused-ring (bicyclic) bond motifs is 2. The molecule has 0 bridgehead atoms. The number of benzene rings is 1. The zero-order chi connectivity index (χ0) is 39.1. The van der Waals surface area contributed by atoms with Gasteiger partial charge >= 0.3 is 17.9 Å². The first-order valence-corrected chi connectivity index (χ1v) is 18.2. The Labute approximate surface area is 310 Å². The number of oxime groups is 1. The van der Waals surface area contributed by atoms with Crippen molar-refractivity contribution in [2.24, 2.45) is 5.16 Å². The second-order valence-electron chi connectivity index (χ2n) is 12.8. The van der Waals surface area contributed by atoms with E-state index < -0.39 is 82.0 Å². The molecule has 2 fully saturated rings. The number of aromatic nitrogens is 3. The number of nitrogens with one attached hydrogen (secondary N) is 2. The topological polar surface area (TPSA) is 317 Å². The maximum absolute atomic E-state index is 13.5. The lowest BCUT2D eigenvalue weighted by Gasteiger charge is -2.50. The Morgan fingerprint density at radius 3 is 2.39 bits per heavy atom. The van der Waals surface area contributed by atoms with Crippen LogP contribution in [0.1, 0.15) is 25.0 Å². The largest absolute Gasteiger partial charge is 0.504 e. The van der Waals surface area contributed by atoms with Gasteiger partial charge in [0.2, 0.25) is 6.10 Å². The number of hydrogen-bond acceptors (Lipinski definition) is 15. The van der Waals surface area contributed by atoms with Crippen molar-refractivity contribution in [1.82, 2.24) is 25.0 Å². The number of carboxylic acids is 3. The first-order chi connectivity index (χ1) is 25.6. The van der Waals surface area contributed by atoms with Gasteiger partial charge in [-0.1, -0.05) is 5.16 Å². The Morgan fingerprint density at radius 2 is 1.78 bits per heavy atom. The van der Waals surface area contributed by atoms with Gasteiger partial charge in [-0.25, -0.2) is 19.3 Å². The van der Waals surface area contributed by atoms with Crippen molar-refractivity contribution in [2.45, 2.75) is 43.3 Å². The SMILES string of the molecule is Nc1nc(/C(=N/O[C@@H](CC(=O)O)C(=O)O)C(=O)N[C@@H]2C(=O)N3C(C(=O)O)=C(C[N+]4(CCn5[nH]c(=O)c6cc(O)c(O)cc6c5=O)CCCC4)CS[C@H]23)cs1. The highest BCUT2D eigenvalue weighted by Crippen LogP contribution is 2.41. The summed E-state index contributed by atoms with van der Waals surface area (Å²) in [5, 5.41) is 57.2. The van der Waals surface area contributed by atoms with E-state index >= 15 is 0 Å². The number of thioether (sulfide) groups is 1. The number of nitrogens with two attached hydrogens (primary N) is 1. The highest BCUT2D eigenvalue weighted by molar-refractivity contribution is 8.00. The number of phenolic OH excluding ortho intramolecular Hbond substituents is 2. The molecule has 5 heterocycles. The summed E-state index contributed by atoms with van der Waals surface area (Å²) in [7, 11) is 0. The number of likely N-dealkylation sites (tertiary alicyclic amines) is 1. The lowest BCUT2D eigenvalue weighted by molar-refractivity contribution is -0.913. The molecule has 54 heavy (non-hydrogen) atoms. The number of amides is 2. The Balaban J connectivity index is 1.21. The summed E-state index contributed by atoms with van der Waals surface area (Å²) in [5.41, 5.74) is 3.91. The van der Waals surface area contributed by atoms with Crippen molar-refractivity contribution in [3.63, 3.8) is 0 Å². The second kappa shape index (κ2) is 14.8. The minimum absolute atomic E-state index is 0.0146. The quantitative estimate of drug-likeness (QED) is 0.0314. The van der Waals surface area contributed by atoms with Crippen LogP contribution in [0.5, 0.6) is 11.5 Å². The number of aliphatic carboxylic acids is 3. The van der Waals surface area contributed by atoms with Crippen LogP contribution in [0.4, 0.5) is 5.13 Å². The van der Waals surface area contributed by atoms with Crippen LogP contribution < -0.4 is 22.2 Å². The first-order valence-electron chi connectivity index (χ1n) is 16.2. The molecule has 3 aliphatic rings. The molecule has 2 aromatic heterocycles. The number of carbonyl (C=O) groups excluding carboxylic acids is 2. The standard InChI is InChI=1S/C31H32N8O13S2/c32-31-33-16(12-54-31)21(36-52-19(29(48)49)9-20(42)43)25(45)34-22-27(47)38-23(30(50)51)13(11-53-28(22)38)10-39(4-1-2-5-39)6-3-37-26(46)15-8-18(41)17(40)7-14(15)24(44)35-37/h7-8,12,19,22,28H,1-6,9-11H2,(H8-,32,33,34,35,36,40,41,42,43,44,45,46,48,49,50,51)/p+1/t19-,22+,28+/m0/s1. The number of carbonyl (C=O) groups is 5. The third-order valence-electron chi connectivity index (χ3n) is 9.33. The highest BCUT2D eigenvalue weighted by atomic mass is 32.2. The molecule has 3 atom stereocenters. The van der Waals surface area contributed by atoms with Gasteiger partial charge in [-0.05, 0) is 12.1 Å². The van der Waals surface area contributed by atoms with Crippen molar-refractivity contribution < 1.29 is 58.8 Å². The fourth-order valence-corrected chi connectivity index (χ4v) is 8.60. The molecule has 0 unspecified atom stereocenters. The molecule has 286 valence electrons. The van der Waals surface area contributed by atoms with Gasteiger partial charge in [0.25, 0.3) is 22.9 Å². The number of carboxylic acid groups (broad SMARTS) is 3. The van der Waals surface area contributed by atoms with E-state index in [9.17, 15) is 54.0 Å². The van der Waals surface area contributed by atoms with Gasteiger partial charge < -0.3 is 45.9 Å². The van der Waals surface area contributed by atoms with E-state index in [1.54, 1.807) is 0 Å². The third kappa shape index (κ3) is 7.32. The Bertz CT molecular complexity index is 2260. The van der Waals surface area contributed by atoms with Crippen molar-refractivity contribution >= 4 is 74.4 Å². The van der Waals surface area contributed by atoms with Crippen molar-refractivity contribution in [2.75, 3.05) is 37.7 Å². The molecule has 0 saturated carbocycles. The number of rotatable bonds is 14. The zero-order valence-electron chi connectivity index (χ0n) is 28.0. The number of nitrogen functional groups attached to an aromatic ring is 1. The molecule has 0 radical (unpaired) electrons. The number of quaternary nitrogens is 1. The maximum atomic E-state index is 13.5. The third-order valence-corrected chi connectivity index (χ3v) is 11.3. The molecule has 21 nitrogen and oxygen atoms in total. The van der Waals surface area contributed by atoms with Gasteiger partial charge in [0.15, 0.2) is 22.3 Å². The van der Waals surface area contributed by atoms with Crippen LogP contribution in [0.3, 0.4) is 0 Å². The Kier molecular flexibility index (Phi) is 10.4. The molecule has 0 spiro atoms. The van der Waals surface area contributed by atoms with Crippen LogP contribution in [0.25, 0.3) is 10.8 Å². The normalized spacial score (nSPS) is 20.0. The number of aromatic amines is 1. The monoisotopic (exact) mass is 789 g/mol. The van der Waals surface area contributed by atoms with Gasteiger partial charge in [-0.3, -0.25) is 34.0 Å². The summed E-state index contributed by atoms with van der Waals surface area (Å²) >= 11 is 2.12. The minimum atomic E-state index is -1.96. The summed E-state index contributed by atoms with van der Waals surface area (Å²) in [6.07, 6.45) is -1.33. The number of H-pyrrole nitrogens is 1. The predicted molar refractivity (Wildman–Crippen MR) is 189 cm³/mol. The lowest BCUT2D eigenvalue weighted by atomic mass is 10.0. The van der Waals surface area contributed by atoms with E-state index in [0.717, 1.165) is 45.9 Å². The summed E-state index contributed by atoms with van der Waals surface area (Å²) in [6.45, 7) is 1.81. The fraction of sp³-hybridized carbons (Fsp3) is 0.387. The van der Waals surface area contributed by atoms with Crippen LogP contribution in [0.15, 0.2) is 43.5 Å². The van der Waals surface area contributed by atoms with Gasteiger partial charge in [-0.2, -0.15) is 0 Å². The van der Waals surface area contributed by atoms with Crippen molar-refractivity contribution in [3.05, 3.63) is 55.2 Å². The second-order valence-corrected chi connectivity index (χ2v) is 14.8. The average Bonchev–Trinajstić information content (AvgIpc) is 3.77. The minimum Gasteiger partial charge on any atom is -0.504 e. The number of aromatic hydroxyl groups is 2. The number of thiazole rings is 1. The van der Waals surface area contributed by atoms with Gasteiger partial charge in [0, 0.05) is 29.5 Å². The molecule has 6 rings (SSSR count). The summed E-state index contributed by atoms with van der Waals surface area (Å²) < 4.78 is 1.46. The van der Waals surface area contributed by atoms with E-state index in [1.165, 1.54) is 17.1 Å². The molecular weight excluding hydrogens is 757 g/mol. The van der Waals surface area contributed by atoms with Crippen molar-refractivity contribution in [3.8, 4) is 11.5 Å². The Morgan fingerprint density at radius 1 is 1.09 bits per heavy atom. The smallest absolute Gasteiger partial charge is 0.352 e. The molecular formula is C31H33N8O13S2+. The summed E-state index contributed by atoms with van der Waals surface area (Å²) in [6, 6.07) is 0.790. The molecule has 0 aliphatic carbocycles. The van der Waals surface area contributed by atoms with Gasteiger partial charge in [-0.15, -0.1) is 23.1 Å². The molecule has 2 amide bonds. The lowest BCUT2D eigenvalue weighted by Crippen LogP contribution is -2.71. The average molecular weight is 790 g/mol. The van der Waals surface area contributed by atoms with Crippen LogP contribution in [-0.2, 0) is 35.4 Å². The molecule has 3 aliphatic heterocycles. The molecule has 2 saturated heterocycles. The van der Waals surface area contributed by atoms with Crippen LogP contribution in [0, 0.1) is 0 Å². The van der Waals surface area contributed by atoms with E-state index in [4.69, 9.17) is 15.7 Å². The molecule has 9 N–H and O–H groups in total. The first kappa shape index (κ1) is 37.8. The highest BCUT2D eigenvalue weighted by Gasteiger charge is 2.55. The van der Waals surface area contributed by atoms with E-state index in [0.29, 0.717) is 29.7 Å². The van der Waals surface area contributed by atoms with Crippen molar-refractivity contribution in [1.29, 1.82) is 0 Å². The van der Waals surface area contributed by atoms with Gasteiger partial charge in [0.05, 0.1) is 43.4 Å². The van der Waals surface area contributed by atoms with Crippen LogP contribution in [0.2, 0.25) is 0 Å². The number of phenols is 2. The predicted octanol–water partition coefficient (Wildman–Crippen LogP) is -1.16. The van der Waals surface area contributed by atoms with E-state index in [2.05, 4.69) is 20.6 Å². The maximum Gasteiger partial charge on any atom is 0.352 e. The van der Waals surface area contributed by atoms with E-state index in [1.807, 2.05) is 0 Å². The number of β-lactam (4-membered cyclic amide) rings is 1. The number of hydrogen-bond donors (Lipinski definition) is 8. The summed E-state index contributed by atoms with van der Waals surface area (Å²) in [5.74, 6) is -7.26. The zero-order valence-corrected chi connectivity index (χ0v) is 29.6. The molecule has 3 aromatic rings. The number of anilines is 1. The van der Waals surface area contributed by atoms with E-state index in [-0.39, 0.29) is 46.1 Å². The number of nitrogens with zero attached hydrogens (tertiary/aromatic N) is 5. The van der Waals surface area contributed by atoms with Gasteiger partial charge in [0.1, 0.15) is 29.4 Å². The fourth-order valence-electron chi connectivity index (χ4n) is 6.72. The Hall–Kier alpha value is -5.94. The summed E-state index contributed by atoms with van der Waals surface area (Å²) in [4.78, 5) is 98.1. The van der Waals surface area contributed by atoms with Crippen LogP contribution in [-0.4, -0.2) is 135 Å². The molecule has 23 heteroatoms.